The van der Waals surface area contributed by atoms with Crippen molar-refractivity contribution in [2.75, 3.05) is 37.4 Å². The van der Waals surface area contributed by atoms with Crippen LogP contribution in [0, 0.1) is 0 Å². The van der Waals surface area contributed by atoms with E-state index in [4.69, 9.17) is 4.74 Å². The number of para-hydroxylation sites is 1. The molecule has 5 rings (SSSR count). The normalized spacial score (nSPS) is 24.7. The smallest absolute Gasteiger partial charge is 0.162 e. The van der Waals surface area contributed by atoms with Crippen LogP contribution in [-0.4, -0.2) is 43.8 Å². The average molecular weight is 423 g/mol. The second-order valence-electron chi connectivity index (χ2n) is 8.66. The van der Waals surface area contributed by atoms with Gasteiger partial charge in [-0.15, -0.1) is 11.8 Å². The third-order valence-electron chi connectivity index (χ3n) is 7.15. The van der Waals surface area contributed by atoms with E-state index in [0.717, 1.165) is 50.2 Å². The fourth-order valence-corrected chi connectivity index (χ4v) is 6.77. The van der Waals surface area contributed by atoms with Gasteiger partial charge in [-0.1, -0.05) is 12.1 Å². The Balaban J connectivity index is 1.36. The average Bonchev–Trinajstić information content (AvgIpc) is 2.90. The third kappa shape index (κ3) is 3.32. The van der Waals surface area contributed by atoms with Gasteiger partial charge in [0.05, 0.1) is 12.8 Å². The van der Waals surface area contributed by atoms with Crippen LogP contribution in [0.25, 0.3) is 0 Å². The summed E-state index contributed by atoms with van der Waals surface area (Å²) in [5.74, 6) is 2.75. The van der Waals surface area contributed by atoms with E-state index in [9.17, 15) is 4.79 Å². The number of nitrogens with zero attached hydrogens (tertiary/aromatic N) is 1. The summed E-state index contributed by atoms with van der Waals surface area (Å²) < 4.78 is 5.21. The van der Waals surface area contributed by atoms with Crippen LogP contribution in [-0.2, 0) is 0 Å². The first-order chi connectivity index (χ1) is 14.7. The predicted molar refractivity (Wildman–Crippen MR) is 123 cm³/mol. The van der Waals surface area contributed by atoms with Gasteiger partial charge in [0.15, 0.2) is 5.78 Å². The first-order valence-electron chi connectivity index (χ1n) is 11.1. The number of hydrogen-bond donors (Lipinski definition) is 1. The molecule has 2 atom stereocenters. The van der Waals surface area contributed by atoms with Crippen molar-refractivity contribution in [3.8, 4) is 5.75 Å². The van der Waals surface area contributed by atoms with Gasteiger partial charge in [-0.2, -0.15) is 0 Å². The molecule has 1 N–H and O–H groups in total. The summed E-state index contributed by atoms with van der Waals surface area (Å²) in [4.78, 5) is 17.0. The van der Waals surface area contributed by atoms with Crippen molar-refractivity contribution in [3.63, 3.8) is 0 Å². The van der Waals surface area contributed by atoms with Crippen molar-refractivity contribution in [2.24, 2.45) is 0 Å². The zero-order valence-electron chi connectivity index (χ0n) is 17.7. The quantitative estimate of drug-likeness (QED) is 0.672. The van der Waals surface area contributed by atoms with Crippen LogP contribution >= 0.6 is 11.8 Å². The van der Waals surface area contributed by atoms with Gasteiger partial charge in [-0.3, -0.25) is 4.79 Å². The molecule has 0 amide bonds. The molecule has 3 heterocycles. The molecule has 0 radical (unpaired) electrons. The van der Waals surface area contributed by atoms with Crippen LogP contribution in [0.1, 0.15) is 53.9 Å². The minimum atomic E-state index is 0.161. The first kappa shape index (κ1) is 20.0. The topological polar surface area (TPSA) is 41.6 Å². The number of anilines is 1. The van der Waals surface area contributed by atoms with Gasteiger partial charge in [0, 0.05) is 41.4 Å². The van der Waals surface area contributed by atoms with Crippen molar-refractivity contribution >= 4 is 23.2 Å². The SMILES string of the molecule is COc1ccc(C(=O)CCC[C@]23CCNC[C@H]2c2cccc4c2N3CCCS4)cc1. The van der Waals surface area contributed by atoms with Gasteiger partial charge in [0.25, 0.3) is 0 Å². The van der Waals surface area contributed by atoms with Crippen LogP contribution in [0.5, 0.6) is 5.75 Å². The monoisotopic (exact) mass is 422 g/mol. The Labute approximate surface area is 183 Å². The molecule has 0 unspecified atom stereocenters. The molecular formula is C25H30N2O2S. The number of carbonyl (C=O) groups excluding carboxylic acids is 1. The van der Waals surface area contributed by atoms with Crippen molar-refractivity contribution in [1.82, 2.24) is 5.32 Å². The number of Topliss-reactive ketones (excluding diaryl/α,β-unsaturated/α-hetero) is 1. The third-order valence-corrected chi connectivity index (χ3v) is 8.29. The van der Waals surface area contributed by atoms with E-state index < -0.39 is 0 Å². The number of piperidine rings is 1. The highest BCUT2D eigenvalue weighted by atomic mass is 32.2. The fourth-order valence-electron chi connectivity index (χ4n) is 5.74. The van der Waals surface area contributed by atoms with E-state index >= 15 is 0 Å². The van der Waals surface area contributed by atoms with Gasteiger partial charge in [0.2, 0.25) is 0 Å². The van der Waals surface area contributed by atoms with Crippen LogP contribution in [0.4, 0.5) is 5.69 Å². The fraction of sp³-hybridized carbons (Fsp3) is 0.480. The Kier molecular flexibility index (Phi) is 5.50. The predicted octanol–water partition coefficient (Wildman–Crippen LogP) is 4.88. The minimum absolute atomic E-state index is 0.161. The van der Waals surface area contributed by atoms with Crippen molar-refractivity contribution < 1.29 is 9.53 Å². The molecule has 2 aromatic rings. The maximum atomic E-state index is 12.8. The Morgan fingerprint density at radius 1 is 1.27 bits per heavy atom. The van der Waals surface area contributed by atoms with E-state index in [1.165, 1.54) is 28.3 Å². The van der Waals surface area contributed by atoms with Crippen molar-refractivity contribution in [3.05, 3.63) is 53.6 Å². The number of carbonyl (C=O) groups is 1. The number of rotatable bonds is 6. The summed E-state index contributed by atoms with van der Waals surface area (Å²) in [7, 11) is 1.65. The van der Waals surface area contributed by atoms with Gasteiger partial charge >= 0.3 is 0 Å². The van der Waals surface area contributed by atoms with Gasteiger partial charge in [0.1, 0.15) is 5.75 Å². The molecule has 2 aromatic carbocycles. The summed E-state index contributed by atoms with van der Waals surface area (Å²) >= 11 is 2.01. The Bertz CT molecular complexity index is 929. The lowest BCUT2D eigenvalue weighted by atomic mass is 9.73. The molecule has 4 nitrogen and oxygen atoms in total. The number of hydrogen-bond acceptors (Lipinski definition) is 5. The van der Waals surface area contributed by atoms with Gasteiger partial charge in [-0.05, 0) is 73.9 Å². The number of ketones is 1. The molecule has 5 heteroatoms. The minimum Gasteiger partial charge on any atom is -0.497 e. The number of benzene rings is 2. The number of methoxy groups -OCH3 is 1. The standard InChI is InChI=1S/C25H30N2O2S/c1-29-19-10-8-18(9-11-19)22(28)6-3-12-25-13-14-26-17-21(25)20-5-2-7-23-24(20)27(25)15-4-16-30-23/h2,5,7-11,21,26H,3-4,6,12-17H2,1H3/t21-,25-/m0/s1. The molecule has 1 fully saturated rings. The lowest BCUT2D eigenvalue weighted by Crippen LogP contribution is -2.56. The number of ether oxygens (including phenoxy) is 1. The summed E-state index contributed by atoms with van der Waals surface area (Å²) in [5.41, 5.74) is 3.97. The van der Waals surface area contributed by atoms with E-state index in [1.807, 2.05) is 36.0 Å². The van der Waals surface area contributed by atoms with Crippen molar-refractivity contribution in [1.29, 1.82) is 0 Å². The highest BCUT2D eigenvalue weighted by molar-refractivity contribution is 7.99. The molecule has 0 aliphatic carbocycles. The molecule has 0 aromatic heterocycles. The molecule has 0 bridgehead atoms. The summed E-state index contributed by atoms with van der Waals surface area (Å²) in [5, 5.41) is 3.65. The van der Waals surface area contributed by atoms with Gasteiger partial charge < -0.3 is 15.0 Å². The number of fused-ring (bicyclic) bond motifs is 3. The van der Waals surface area contributed by atoms with Crippen LogP contribution in [0.2, 0.25) is 0 Å². The number of nitrogens with one attached hydrogen (secondary N) is 1. The van der Waals surface area contributed by atoms with E-state index in [1.54, 1.807) is 7.11 Å². The van der Waals surface area contributed by atoms with E-state index in [0.29, 0.717) is 12.3 Å². The molecular weight excluding hydrogens is 392 g/mol. The number of thioether (sulfide) groups is 1. The molecule has 3 aliphatic rings. The van der Waals surface area contributed by atoms with E-state index in [2.05, 4.69) is 28.4 Å². The largest absolute Gasteiger partial charge is 0.497 e. The summed E-state index contributed by atoms with van der Waals surface area (Å²) in [6.45, 7) is 3.25. The lowest BCUT2D eigenvalue weighted by molar-refractivity contribution is 0.0974. The molecule has 0 spiro atoms. The molecule has 3 aliphatic heterocycles. The molecule has 1 saturated heterocycles. The van der Waals surface area contributed by atoms with Crippen molar-refractivity contribution in [2.45, 2.75) is 48.5 Å². The van der Waals surface area contributed by atoms with E-state index in [-0.39, 0.29) is 11.3 Å². The Morgan fingerprint density at radius 2 is 2.13 bits per heavy atom. The second kappa shape index (κ2) is 8.27. The zero-order valence-corrected chi connectivity index (χ0v) is 18.5. The van der Waals surface area contributed by atoms with Crippen LogP contribution < -0.4 is 15.0 Å². The van der Waals surface area contributed by atoms with Gasteiger partial charge in [-0.25, -0.2) is 0 Å². The first-order valence-corrected chi connectivity index (χ1v) is 12.1. The second-order valence-corrected chi connectivity index (χ2v) is 9.80. The molecule has 0 saturated carbocycles. The highest BCUT2D eigenvalue weighted by Gasteiger charge is 2.52. The zero-order chi connectivity index (χ0) is 20.6. The van der Waals surface area contributed by atoms with Crippen LogP contribution in [0.3, 0.4) is 0 Å². The maximum absolute atomic E-state index is 12.8. The maximum Gasteiger partial charge on any atom is 0.162 e. The highest BCUT2D eigenvalue weighted by Crippen LogP contribution is 2.56. The summed E-state index contributed by atoms with van der Waals surface area (Å²) in [6, 6.07) is 14.4. The van der Waals surface area contributed by atoms with Crippen LogP contribution in [0.15, 0.2) is 47.4 Å². The summed E-state index contributed by atoms with van der Waals surface area (Å²) in [6.07, 6.45) is 5.02. The molecule has 30 heavy (non-hydrogen) atoms. The Hall–Kier alpha value is -1.98. The lowest BCUT2D eigenvalue weighted by Gasteiger charge is -2.47. The molecule has 158 valence electrons. The Morgan fingerprint density at radius 3 is 2.97 bits per heavy atom.